The fraction of sp³-hybridized carbons (Fsp3) is 0.370. The fourth-order valence-corrected chi connectivity index (χ4v) is 5.36. The van der Waals surface area contributed by atoms with Gasteiger partial charge in [-0.25, -0.2) is 4.39 Å². The van der Waals surface area contributed by atoms with Gasteiger partial charge < -0.3 is 4.74 Å². The van der Waals surface area contributed by atoms with Gasteiger partial charge in [-0.2, -0.15) is 20.0 Å². The minimum absolute atomic E-state index is 0.103. The summed E-state index contributed by atoms with van der Waals surface area (Å²) in [4.78, 5) is 0. The molecule has 0 saturated heterocycles. The van der Waals surface area contributed by atoms with Crippen molar-refractivity contribution in [3.05, 3.63) is 71.7 Å². The fourth-order valence-electron chi connectivity index (χ4n) is 5.36. The molecule has 2 atom stereocenters. The molecule has 5 rings (SSSR count). The SMILES string of the molecule is Cc1nn(-c2ccccc2)c(Oc2ccc(F)cc2)c1/C=N/N=C1\CC2CCC1(C)C2(C)C. The van der Waals surface area contributed by atoms with Crippen LogP contribution in [0.3, 0.4) is 0 Å². The summed E-state index contributed by atoms with van der Waals surface area (Å²) in [7, 11) is 0. The second kappa shape index (κ2) is 7.94. The topological polar surface area (TPSA) is 51.8 Å². The quantitative estimate of drug-likeness (QED) is 0.323. The molecule has 0 amide bonds. The van der Waals surface area contributed by atoms with Crippen LogP contribution in [0.25, 0.3) is 5.69 Å². The van der Waals surface area contributed by atoms with E-state index >= 15 is 0 Å². The minimum Gasteiger partial charge on any atom is -0.438 e. The molecule has 1 heterocycles. The summed E-state index contributed by atoms with van der Waals surface area (Å²) >= 11 is 0. The number of benzene rings is 2. The molecule has 0 spiro atoms. The molecule has 1 aromatic heterocycles. The highest BCUT2D eigenvalue weighted by molar-refractivity contribution is 5.95. The summed E-state index contributed by atoms with van der Waals surface area (Å²) in [5, 5.41) is 13.9. The van der Waals surface area contributed by atoms with Crippen LogP contribution in [0.15, 0.2) is 64.8 Å². The number of aryl methyl sites for hydroxylation is 1. The van der Waals surface area contributed by atoms with Crippen molar-refractivity contribution >= 4 is 11.9 Å². The van der Waals surface area contributed by atoms with Crippen molar-refractivity contribution in [1.82, 2.24) is 9.78 Å². The molecule has 2 saturated carbocycles. The molecule has 33 heavy (non-hydrogen) atoms. The molecule has 2 bridgehead atoms. The van der Waals surface area contributed by atoms with Gasteiger partial charge in [0.15, 0.2) is 0 Å². The molecule has 6 heteroatoms. The van der Waals surface area contributed by atoms with Crippen LogP contribution in [0.1, 0.15) is 51.3 Å². The number of para-hydroxylation sites is 1. The zero-order valence-electron chi connectivity index (χ0n) is 19.5. The second-order valence-electron chi connectivity index (χ2n) is 9.89. The zero-order chi connectivity index (χ0) is 23.2. The van der Waals surface area contributed by atoms with E-state index in [1.165, 1.54) is 30.7 Å². The predicted molar refractivity (Wildman–Crippen MR) is 129 cm³/mol. The Kier molecular flexibility index (Phi) is 5.19. The van der Waals surface area contributed by atoms with Crippen LogP contribution in [0.4, 0.5) is 4.39 Å². The van der Waals surface area contributed by atoms with Crippen molar-refractivity contribution in [2.24, 2.45) is 27.0 Å². The Hall–Kier alpha value is -3.28. The Morgan fingerprint density at radius 3 is 2.45 bits per heavy atom. The van der Waals surface area contributed by atoms with Crippen LogP contribution >= 0.6 is 0 Å². The average Bonchev–Trinajstić information content (AvgIpc) is 3.30. The van der Waals surface area contributed by atoms with Gasteiger partial charge in [0, 0.05) is 11.1 Å². The summed E-state index contributed by atoms with van der Waals surface area (Å²) < 4.78 is 21.3. The van der Waals surface area contributed by atoms with Gasteiger partial charge in [-0.1, -0.05) is 39.0 Å². The first kappa shape index (κ1) is 21.6. The number of ether oxygens (including phenoxy) is 1. The van der Waals surface area contributed by atoms with E-state index in [-0.39, 0.29) is 16.6 Å². The number of hydrogen-bond donors (Lipinski definition) is 0. The molecule has 2 aliphatic carbocycles. The van der Waals surface area contributed by atoms with Gasteiger partial charge in [0.1, 0.15) is 11.6 Å². The number of aromatic nitrogens is 2. The number of rotatable bonds is 5. The Morgan fingerprint density at radius 1 is 1.09 bits per heavy atom. The van der Waals surface area contributed by atoms with Crippen LogP contribution < -0.4 is 4.74 Å². The van der Waals surface area contributed by atoms with Crippen molar-refractivity contribution in [2.75, 3.05) is 0 Å². The average molecular weight is 445 g/mol. The Bertz CT molecular complexity index is 1230. The standard InChI is InChI=1S/C27H29FN4O/c1-18-23(17-29-30-24-16-19-14-15-27(24,4)26(19,2)3)25(33-22-12-10-20(28)11-13-22)32(31-18)21-8-6-5-7-9-21/h5-13,17,19H,14-16H2,1-4H3/b29-17+,30-24+. The molecule has 5 nitrogen and oxygen atoms in total. The highest BCUT2D eigenvalue weighted by atomic mass is 19.1. The number of hydrogen-bond acceptors (Lipinski definition) is 4. The van der Waals surface area contributed by atoms with E-state index in [4.69, 9.17) is 14.9 Å². The van der Waals surface area contributed by atoms with Gasteiger partial charge in [-0.3, -0.25) is 0 Å². The van der Waals surface area contributed by atoms with E-state index in [1.807, 2.05) is 37.3 Å². The lowest BCUT2D eigenvalue weighted by molar-refractivity contribution is 0.194. The van der Waals surface area contributed by atoms with Crippen LogP contribution in [-0.4, -0.2) is 21.7 Å². The second-order valence-corrected chi connectivity index (χ2v) is 9.89. The van der Waals surface area contributed by atoms with Gasteiger partial charge in [0.25, 0.3) is 0 Å². The van der Waals surface area contributed by atoms with Crippen molar-refractivity contribution < 1.29 is 9.13 Å². The Balaban J connectivity index is 1.52. The maximum absolute atomic E-state index is 13.4. The van der Waals surface area contributed by atoms with Gasteiger partial charge in [0.05, 0.1) is 23.2 Å². The predicted octanol–water partition coefficient (Wildman–Crippen LogP) is 6.73. The monoisotopic (exact) mass is 444 g/mol. The maximum atomic E-state index is 13.4. The third kappa shape index (κ3) is 3.58. The number of halogens is 1. The van der Waals surface area contributed by atoms with E-state index in [9.17, 15) is 4.39 Å². The highest BCUT2D eigenvalue weighted by Gasteiger charge is 2.60. The molecular weight excluding hydrogens is 415 g/mol. The van der Waals surface area contributed by atoms with Crippen molar-refractivity contribution in [2.45, 2.75) is 47.0 Å². The molecule has 0 radical (unpaired) electrons. The van der Waals surface area contributed by atoms with Gasteiger partial charge in [0.2, 0.25) is 5.88 Å². The molecule has 0 N–H and O–H groups in total. The third-order valence-electron chi connectivity index (χ3n) is 7.97. The first-order chi connectivity index (χ1) is 15.8. The van der Waals surface area contributed by atoms with Crippen LogP contribution in [0.5, 0.6) is 11.6 Å². The molecule has 2 fully saturated rings. The van der Waals surface area contributed by atoms with Crippen molar-refractivity contribution in [3.63, 3.8) is 0 Å². The summed E-state index contributed by atoms with van der Waals surface area (Å²) in [6, 6.07) is 15.7. The van der Waals surface area contributed by atoms with Gasteiger partial charge in [-0.05, 0) is 73.9 Å². The Morgan fingerprint density at radius 2 is 1.82 bits per heavy atom. The van der Waals surface area contributed by atoms with Crippen LogP contribution in [0, 0.1) is 29.5 Å². The van der Waals surface area contributed by atoms with Crippen LogP contribution in [-0.2, 0) is 0 Å². The van der Waals surface area contributed by atoms with Crippen molar-refractivity contribution in [3.8, 4) is 17.3 Å². The molecule has 2 aliphatic rings. The first-order valence-corrected chi connectivity index (χ1v) is 11.5. The van der Waals surface area contributed by atoms with E-state index in [1.54, 1.807) is 23.0 Å². The minimum atomic E-state index is -0.310. The van der Waals surface area contributed by atoms with Crippen molar-refractivity contribution in [1.29, 1.82) is 0 Å². The zero-order valence-corrected chi connectivity index (χ0v) is 19.5. The molecule has 2 unspecified atom stereocenters. The molecule has 0 aliphatic heterocycles. The number of nitrogens with zero attached hydrogens (tertiary/aromatic N) is 4. The molecule has 2 aromatic carbocycles. The molecular formula is C27H29FN4O. The van der Waals surface area contributed by atoms with E-state index in [0.717, 1.165) is 23.4 Å². The summed E-state index contributed by atoms with van der Waals surface area (Å²) in [5.74, 6) is 1.41. The van der Waals surface area contributed by atoms with E-state index in [0.29, 0.717) is 17.5 Å². The first-order valence-electron chi connectivity index (χ1n) is 11.5. The van der Waals surface area contributed by atoms with Gasteiger partial charge >= 0.3 is 0 Å². The lowest BCUT2D eigenvalue weighted by Crippen LogP contribution is -2.32. The molecule has 170 valence electrons. The Labute approximate surface area is 194 Å². The lowest BCUT2D eigenvalue weighted by Gasteiger charge is -2.34. The third-order valence-corrected chi connectivity index (χ3v) is 7.97. The summed E-state index contributed by atoms with van der Waals surface area (Å²) in [6.07, 6.45) is 5.19. The summed E-state index contributed by atoms with van der Waals surface area (Å²) in [5.41, 5.74) is 3.94. The largest absolute Gasteiger partial charge is 0.438 e. The highest BCUT2D eigenvalue weighted by Crippen LogP contribution is 2.64. The number of fused-ring (bicyclic) bond motifs is 2. The van der Waals surface area contributed by atoms with E-state index < -0.39 is 0 Å². The summed E-state index contributed by atoms with van der Waals surface area (Å²) in [6.45, 7) is 8.97. The van der Waals surface area contributed by atoms with Crippen LogP contribution in [0.2, 0.25) is 0 Å². The van der Waals surface area contributed by atoms with Gasteiger partial charge in [-0.15, -0.1) is 0 Å². The molecule has 3 aromatic rings. The lowest BCUT2D eigenvalue weighted by atomic mass is 9.70. The smallest absolute Gasteiger partial charge is 0.231 e. The normalized spacial score (nSPS) is 24.8. The maximum Gasteiger partial charge on any atom is 0.231 e. The van der Waals surface area contributed by atoms with E-state index in [2.05, 4.69) is 25.9 Å².